The van der Waals surface area contributed by atoms with Gasteiger partial charge in [0.1, 0.15) is 5.75 Å². The van der Waals surface area contributed by atoms with Crippen LogP contribution in [0.5, 0.6) is 5.75 Å². The predicted molar refractivity (Wildman–Crippen MR) is 155 cm³/mol. The Kier molecular flexibility index (Phi) is 16.9. The molecule has 0 heterocycles. The van der Waals surface area contributed by atoms with E-state index in [1.807, 2.05) is 6.92 Å². The number of phenols is 1. The molecule has 0 aromatic heterocycles. The van der Waals surface area contributed by atoms with Gasteiger partial charge < -0.3 is 9.84 Å². The summed E-state index contributed by atoms with van der Waals surface area (Å²) in [6.07, 6.45) is 22.5. The molecule has 0 aliphatic carbocycles. The molecule has 0 bridgehead atoms. The number of esters is 1. The number of aromatic hydroxyl groups is 1. The Hall–Kier alpha value is -1.51. The van der Waals surface area contributed by atoms with E-state index < -0.39 is 0 Å². The predicted octanol–water partition coefficient (Wildman–Crippen LogP) is 10.0. The Bertz CT molecular complexity index is 729. The van der Waals surface area contributed by atoms with Crippen LogP contribution in [0.2, 0.25) is 0 Å². The minimum atomic E-state index is -0.130. The average molecular weight is 503 g/mol. The summed E-state index contributed by atoms with van der Waals surface area (Å²) >= 11 is 0. The molecule has 0 aliphatic heterocycles. The summed E-state index contributed by atoms with van der Waals surface area (Å²) in [6.45, 7) is 13.2. The van der Waals surface area contributed by atoms with Crippen molar-refractivity contribution in [1.29, 1.82) is 0 Å². The quantitative estimate of drug-likeness (QED) is 0.142. The van der Waals surface area contributed by atoms with Crippen LogP contribution in [-0.4, -0.2) is 17.7 Å². The number of unbranched alkanes of at least 4 members (excludes halogenated alkanes) is 15. The summed E-state index contributed by atoms with van der Waals surface area (Å²) < 4.78 is 5.47. The summed E-state index contributed by atoms with van der Waals surface area (Å²) in [6, 6.07) is 2.07. The molecule has 0 amide bonds. The van der Waals surface area contributed by atoms with E-state index in [9.17, 15) is 9.90 Å². The fourth-order valence-electron chi connectivity index (χ4n) is 5.10. The van der Waals surface area contributed by atoms with Gasteiger partial charge in [-0.25, -0.2) is 0 Å². The molecule has 0 radical (unpaired) electrons. The minimum Gasteiger partial charge on any atom is -0.507 e. The molecule has 0 unspecified atom stereocenters. The highest BCUT2D eigenvalue weighted by atomic mass is 16.5. The molecule has 36 heavy (non-hydrogen) atoms. The molecule has 1 aromatic carbocycles. The van der Waals surface area contributed by atoms with Crippen molar-refractivity contribution >= 4 is 5.97 Å². The molecule has 0 spiro atoms. The zero-order valence-corrected chi connectivity index (χ0v) is 24.8. The van der Waals surface area contributed by atoms with Crippen LogP contribution >= 0.6 is 0 Å². The van der Waals surface area contributed by atoms with Gasteiger partial charge in [0.2, 0.25) is 0 Å². The molecule has 0 saturated carbocycles. The number of aryl methyl sites for hydroxylation is 1. The van der Waals surface area contributed by atoms with E-state index in [1.54, 1.807) is 0 Å². The number of carbonyl (C=O) groups excluding carboxylic acids is 1. The molecule has 0 fully saturated rings. The third kappa shape index (κ3) is 13.7. The van der Waals surface area contributed by atoms with Gasteiger partial charge in [0.25, 0.3) is 0 Å². The highest BCUT2D eigenvalue weighted by Crippen LogP contribution is 2.36. The van der Waals surface area contributed by atoms with Gasteiger partial charge >= 0.3 is 5.97 Å². The van der Waals surface area contributed by atoms with Crippen molar-refractivity contribution in [2.24, 2.45) is 0 Å². The van der Waals surface area contributed by atoms with Gasteiger partial charge in [-0.05, 0) is 54.4 Å². The van der Waals surface area contributed by atoms with Crippen molar-refractivity contribution in [3.05, 3.63) is 28.3 Å². The van der Waals surface area contributed by atoms with E-state index in [-0.39, 0.29) is 11.4 Å². The minimum absolute atomic E-state index is 0.107. The van der Waals surface area contributed by atoms with E-state index in [4.69, 9.17) is 4.74 Å². The van der Waals surface area contributed by atoms with Crippen molar-refractivity contribution < 1.29 is 14.6 Å². The Labute approximate surface area is 223 Å². The lowest BCUT2D eigenvalue weighted by molar-refractivity contribution is -0.143. The first-order valence-corrected chi connectivity index (χ1v) is 15.2. The molecule has 1 rings (SSSR count). The molecule has 1 aromatic rings. The fraction of sp³-hybridized carbons (Fsp3) is 0.788. The Morgan fingerprint density at radius 3 is 1.67 bits per heavy atom. The first kappa shape index (κ1) is 32.5. The monoisotopic (exact) mass is 502 g/mol. The van der Waals surface area contributed by atoms with E-state index in [0.29, 0.717) is 25.2 Å². The van der Waals surface area contributed by atoms with Crippen molar-refractivity contribution in [3.8, 4) is 5.75 Å². The van der Waals surface area contributed by atoms with Crippen molar-refractivity contribution in [2.75, 3.05) is 6.61 Å². The van der Waals surface area contributed by atoms with Crippen LogP contribution in [0.15, 0.2) is 6.07 Å². The van der Waals surface area contributed by atoms with E-state index in [2.05, 4.69) is 40.7 Å². The van der Waals surface area contributed by atoms with Crippen LogP contribution in [-0.2, 0) is 21.4 Å². The summed E-state index contributed by atoms with van der Waals surface area (Å²) in [7, 11) is 0. The zero-order valence-electron chi connectivity index (χ0n) is 24.8. The molecular formula is C33H58O3. The second-order valence-electron chi connectivity index (χ2n) is 12.0. The third-order valence-corrected chi connectivity index (χ3v) is 7.55. The van der Waals surface area contributed by atoms with E-state index in [1.165, 1.54) is 89.9 Å². The molecule has 3 nitrogen and oxygen atoms in total. The molecule has 3 heteroatoms. The van der Waals surface area contributed by atoms with Gasteiger partial charge in [-0.3, -0.25) is 4.79 Å². The van der Waals surface area contributed by atoms with Crippen molar-refractivity contribution in [2.45, 2.75) is 163 Å². The normalized spacial score (nSPS) is 11.7. The van der Waals surface area contributed by atoms with Crippen molar-refractivity contribution in [1.82, 2.24) is 0 Å². The second-order valence-corrected chi connectivity index (χ2v) is 12.0. The average Bonchev–Trinajstić information content (AvgIpc) is 2.82. The van der Waals surface area contributed by atoms with Crippen LogP contribution in [0.25, 0.3) is 0 Å². The van der Waals surface area contributed by atoms with Crippen LogP contribution in [0, 0.1) is 13.8 Å². The first-order valence-electron chi connectivity index (χ1n) is 15.2. The third-order valence-electron chi connectivity index (χ3n) is 7.55. The summed E-state index contributed by atoms with van der Waals surface area (Å²) in [5.41, 5.74) is 3.96. The van der Waals surface area contributed by atoms with Gasteiger partial charge in [-0.15, -0.1) is 0 Å². The van der Waals surface area contributed by atoms with Gasteiger partial charge in [-0.2, -0.15) is 0 Å². The maximum atomic E-state index is 12.2. The lowest BCUT2D eigenvalue weighted by Gasteiger charge is -2.24. The smallest absolute Gasteiger partial charge is 0.306 e. The molecule has 0 aliphatic rings. The topological polar surface area (TPSA) is 46.5 Å². The molecule has 0 atom stereocenters. The first-order chi connectivity index (χ1) is 17.2. The molecule has 208 valence electrons. The molecule has 0 saturated heterocycles. The van der Waals surface area contributed by atoms with E-state index in [0.717, 1.165) is 35.1 Å². The summed E-state index contributed by atoms with van der Waals surface area (Å²) in [5.74, 6) is 0.235. The van der Waals surface area contributed by atoms with Gasteiger partial charge in [-0.1, -0.05) is 130 Å². The zero-order chi connectivity index (χ0) is 26.8. The highest BCUT2D eigenvalue weighted by molar-refractivity contribution is 5.70. The van der Waals surface area contributed by atoms with Crippen LogP contribution in [0.1, 0.15) is 159 Å². The van der Waals surface area contributed by atoms with Gasteiger partial charge in [0.15, 0.2) is 0 Å². The molecular weight excluding hydrogens is 444 g/mol. The summed E-state index contributed by atoms with van der Waals surface area (Å²) in [5, 5.41) is 10.7. The van der Waals surface area contributed by atoms with Crippen molar-refractivity contribution in [3.63, 3.8) is 0 Å². The van der Waals surface area contributed by atoms with Gasteiger partial charge in [0.05, 0.1) is 6.61 Å². The Morgan fingerprint density at radius 1 is 0.778 bits per heavy atom. The standard InChI is InChI=1S/C33H58O3/c1-7-8-9-10-11-12-13-14-15-16-17-18-19-20-21-22-25-36-31(34)24-23-29-27(2)26-30(33(4,5)6)32(35)28(29)3/h26,35H,7-25H2,1-6H3. The Morgan fingerprint density at radius 2 is 1.22 bits per heavy atom. The van der Waals surface area contributed by atoms with Crippen LogP contribution in [0.4, 0.5) is 0 Å². The number of benzene rings is 1. The number of phenolic OH excluding ortho intramolecular Hbond substituents is 1. The highest BCUT2D eigenvalue weighted by Gasteiger charge is 2.22. The lowest BCUT2D eigenvalue weighted by atomic mass is 9.82. The maximum absolute atomic E-state index is 12.2. The Balaban J connectivity index is 2.03. The number of carbonyl (C=O) groups is 1. The maximum Gasteiger partial charge on any atom is 0.306 e. The SMILES string of the molecule is CCCCCCCCCCCCCCCCCCOC(=O)CCc1c(C)cc(C(C)(C)C)c(O)c1C. The number of hydrogen-bond donors (Lipinski definition) is 1. The fourth-order valence-corrected chi connectivity index (χ4v) is 5.10. The second kappa shape index (κ2) is 18.7. The number of rotatable bonds is 20. The number of hydrogen-bond acceptors (Lipinski definition) is 3. The molecule has 1 N–H and O–H groups in total. The van der Waals surface area contributed by atoms with Crippen LogP contribution in [0.3, 0.4) is 0 Å². The largest absolute Gasteiger partial charge is 0.507 e. The summed E-state index contributed by atoms with van der Waals surface area (Å²) in [4.78, 5) is 12.2. The van der Waals surface area contributed by atoms with Crippen LogP contribution < -0.4 is 0 Å². The van der Waals surface area contributed by atoms with E-state index >= 15 is 0 Å². The van der Waals surface area contributed by atoms with Gasteiger partial charge in [0, 0.05) is 6.42 Å². The number of ether oxygens (including phenoxy) is 1. The lowest BCUT2D eigenvalue weighted by Crippen LogP contribution is -2.14.